The first-order valence-corrected chi connectivity index (χ1v) is 13.8. The Balaban J connectivity index is 1.09. The molecule has 2 unspecified atom stereocenters. The molecule has 3 aromatic heterocycles. The molecule has 4 aliphatic rings. The third-order valence-electron chi connectivity index (χ3n) is 7.93. The van der Waals surface area contributed by atoms with Crippen LogP contribution in [0.15, 0.2) is 55.1 Å². The monoisotopic (exact) mass is 554 g/mol. The van der Waals surface area contributed by atoms with E-state index in [2.05, 4.69) is 21.4 Å². The summed E-state index contributed by atoms with van der Waals surface area (Å²) in [7, 11) is 1.60. The van der Waals surface area contributed by atoms with Crippen LogP contribution in [0.2, 0.25) is 0 Å². The molecule has 4 saturated heterocycles. The molecule has 8 rings (SSSR count). The number of pyridine rings is 1. The highest BCUT2D eigenvalue weighted by molar-refractivity contribution is 5.83. The number of piperidine rings is 1. The van der Waals surface area contributed by atoms with E-state index in [0.29, 0.717) is 65.7 Å². The van der Waals surface area contributed by atoms with Crippen molar-refractivity contribution in [1.29, 1.82) is 5.26 Å². The average Bonchev–Trinajstić information content (AvgIpc) is 3.47. The maximum absolute atomic E-state index is 9.72. The zero-order valence-electron chi connectivity index (χ0n) is 24.7. The van der Waals surface area contributed by atoms with Gasteiger partial charge in [-0.05, 0) is 30.2 Å². The molecule has 0 amide bonds. The first-order valence-electron chi connectivity index (χ1n) is 14.8. The third-order valence-corrected chi connectivity index (χ3v) is 7.93. The molecular weight excluding hydrogens is 520 g/mol. The number of benzene rings is 1. The van der Waals surface area contributed by atoms with Crippen LogP contribution in [0, 0.1) is 11.3 Å². The van der Waals surface area contributed by atoms with E-state index in [0.717, 1.165) is 25.3 Å². The molecule has 0 saturated carbocycles. The molecule has 4 aliphatic heterocycles. The average molecular weight is 555 g/mol. The number of aromatic nitrogens is 4. The van der Waals surface area contributed by atoms with Crippen LogP contribution in [0.3, 0.4) is 0 Å². The summed E-state index contributed by atoms with van der Waals surface area (Å²) in [5, 5.41) is 17.4. The molecule has 1 N–H and O–H groups in total. The summed E-state index contributed by atoms with van der Waals surface area (Å²) < 4.78 is 36.5. The van der Waals surface area contributed by atoms with E-state index in [4.69, 9.17) is 26.9 Å². The Kier molecular flexibility index (Phi) is 6.28. The number of rotatable bonds is 8. The molecule has 11 nitrogen and oxygen atoms in total. The van der Waals surface area contributed by atoms with Crippen molar-refractivity contribution in [2.24, 2.45) is 0 Å². The zero-order chi connectivity index (χ0) is 29.6. The molecule has 41 heavy (non-hydrogen) atoms. The Morgan fingerprint density at radius 1 is 1.15 bits per heavy atom. The summed E-state index contributed by atoms with van der Waals surface area (Å²) >= 11 is 0. The second kappa shape index (κ2) is 11.0. The summed E-state index contributed by atoms with van der Waals surface area (Å²) in [6.45, 7) is 2.34. The number of hydrogen-bond acceptors (Lipinski definition) is 10. The molecule has 2 bridgehead atoms. The van der Waals surface area contributed by atoms with Crippen molar-refractivity contribution < 1.29 is 17.0 Å². The van der Waals surface area contributed by atoms with E-state index in [-0.39, 0.29) is 18.2 Å². The maximum Gasteiger partial charge on any atom is 0.147 e. The molecule has 4 aromatic rings. The maximum atomic E-state index is 9.72. The van der Waals surface area contributed by atoms with Crippen LogP contribution >= 0.6 is 0 Å². The van der Waals surface area contributed by atoms with Crippen molar-refractivity contribution in [1.82, 2.24) is 29.8 Å². The minimum Gasteiger partial charge on any atom is -0.497 e. The first kappa shape index (κ1) is 23.5. The lowest BCUT2D eigenvalue weighted by atomic mass is 9.87. The van der Waals surface area contributed by atoms with Gasteiger partial charge in [-0.1, -0.05) is 12.1 Å². The number of nitrogens with zero attached hydrogens (tertiary/aromatic N) is 7. The van der Waals surface area contributed by atoms with Crippen molar-refractivity contribution in [3.63, 3.8) is 0 Å². The van der Waals surface area contributed by atoms with Crippen LogP contribution in [-0.4, -0.2) is 89.2 Å². The van der Waals surface area contributed by atoms with Gasteiger partial charge in [0.2, 0.25) is 0 Å². The van der Waals surface area contributed by atoms with Crippen molar-refractivity contribution >= 4 is 11.3 Å². The molecule has 0 spiro atoms. The molecule has 0 aliphatic carbocycles. The normalized spacial score (nSPS) is 23.3. The van der Waals surface area contributed by atoms with Crippen molar-refractivity contribution in [2.45, 2.75) is 31.1 Å². The largest absolute Gasteiger partial charge is 0.497 e. The zero-order valence-corrected chi connectivity index (χ0v) is 22.7. The third kappa shape index (κ3) is 5.06. The molecule has 1 aromatic carbocycles. The highest BCUT2D eigenvalue weighted by atomic mass is 16.5. The van der Waals surface area contributed by atoms with Crippen LogP contribution in [-0.2, 0) is 11.2 Å². The topological polar surface area (TPSA) is 113 Å². The first-order chi connectivity index (χ1) is 20.9. The molecular formula is C30H32N8O3. The van der Waals surface area contributed by atoms with Crippen molar-refractivity contribution in [2.75, 3.05) is 51.4 Å². The van der Waals surface area contributed by atoms with Crippen LogP contribution in [0.5, 0.6) is 11.5 Å². The second-order valence-electron chi connectivity index (χ2n) is 10.5. The fraction of sp³-hybridized carbons (Fsp3) is 0.400. The highest BCUT2D eigenvalue weighted by Gasteiger charge is 2.44. The lowest BCUT2D eigenvalue weighted by Crippen LogP contribution is -2.68. The lowest BCUT2D eigenvalue weighted by Gasteiger charge is -2.56. The number of nitrogens with one attached hydrogen (secondary N) is 1. The SMILES string of the molecule is [2H]C([2H])(c1ccc(OC)cc1)N1C2CC1CN(c1cnc(-c3cc(OC[C@@H]4CNCCO4)cn4ncc(C#N)c34)cn1)C2. The van der Waals surface area contributed by atoms with E-state index in [1.54, 1.807) is 54.5 Å². The van der Waals surface area contributed by atoms with E-state index in [1.165, 1.54) is 6.20 Å². The quantitative estimate of drug-likeness (QED) is 0.349. The molecule has 3 atom stereocenters. The number of fused-ring (bicyclic) bond motifs is 3. The van der Waals surface area contributed by atoms with Gasteiger partial charge in [-0.15, -0.1) is 0 Å². The van der Waals surface area contributed by atoms with Gasteiger partial charge in [0, 0.05) is 53.1 Å². The predicted octanol–water partition coefficient (Wildman–Crippen LogP) is 2.50. The van der Waals surface area contributed by atoms with Crippen LogP contribution in [0.25, 0.3) is 16.8 Å². The molecule has 11 heteroatoms. The van der Waals surface area contributed by atoms with Gasteiger partial charge in [-0.2, -0.15) is 10.4 Å². The van der Waals surface area contributed by atoms with Gasteiger partial charge in [-0.3, -0.25) is 9.88 Å². The van der Waals surface area contributed by atoms with Gasteiger partial charge in [0.05, 0.1) is 55.3 Å². The van der Waals surface area contributed by atoms with Crippen molar-refractivity contribution in [3.05, 3.63) is 66.2 Å². The summed E-state index contributed by atoms with van der Waals surface area (Å²) in [6.07, 6.45) is 7.66. The minimum atomic E-state index is -1.58. The molecule has 4 fully saturated rings. The number of piperazine rings is 1. The van der Waals surface area contributed by atoms with Gasteiger partial charge in [0.1, 0.15) is 36.1 Å². The fourth-order valence-corrected chi connectivity index (χ4v) is 5.79. The van der Waals surface area contributed by atoms with Crippen LogP contribution in [0.1, 0.15) is 20.3 Å². The Hall–Kier alpha value is -4.24. The summed E-state index contributed by atoms with van der Waals surface area (Å²) in [5.74, 6) is 2.04. The van der Waals surface area contributed by atoms with E-state index >= 15 is 0 Å². The number of ether oxygens (including phenoxy) is 3. The van der Waals surface area contributed by atoms with Crippen molar-refractivity contribution in [3.8, 4) is 28.8 Å². The van der Waals surface area contributed by atoms with Gasteiger partial charge in [0.15, 0.2) is 0 Å². The minimum absolute atomic E-state index is 0.0441. The van der Waals surface area contributed by atoms with Gasteiger partial charge >= 0.3 is 0 Å². The van der Waals surface area contributed by atoms with Gasteiger partial charge in [0.25, 0.3) is 0 Å². The van der Waals surface area contributed by atoms with Gasteiger partial charge in [-0.25, -0.2) is 9.50 Å². The Morgan fingerprint density at radius 2 is 2.00 bits per heavy atom. The predicted molar refractivity (Wildman–Crippen MR) is 152 cm³/mol. The smallest absolute Gasteiger partial charge is 0.147 e. The number of nitriles is 1. The number of hydrogen-bond donors (Lipinski definition) is 1. The van der Waals surface area contributed by atoms with Crippen LogP contribution < -0.4 is 19.7 Å². The highest BCUT2D eigenvalue weighted by Crippen LogP contribution is 2.36. The number of morpholine rings is 1. The fourth-order valence-electron chi connectivity index (χ4n) is 5.79. The van der Waals surface area contributed by atoms with E-state index < -0.39 is 6.50 Å². The molecule has 0 radical (unpaired) electrons. The Labute approximate surface area is 241 Å². The molecule has 7 heterocycles. The van der Waals surface area contributed by atoms with Crippen LogP contribution in [0.4, 0.5) is 5.82 Å². The van der Waals surface area contributed by atoms with E-state index in [9.17, 15) is 5.26 Å². The number of anilines is 1. The molecule has 210 valence electrons. The second-order valence-corrected chi connectivity index (χ2v) is 10.5. The lowest BCUT2D eigenvalue weighted by molar-refractivity contribution is -0.00870. The summed E-state index contributed by atoms with van der Waals surface area (Å²) in [6, 6.07) is 11.4. The Morgan fingerprint density at radius 3 is 2.71 bits per heavy atom. The van der Waals surface area contributed by atoms with Gasteiger partial charge < -0.3 is 24.4 Å². The number of methoxy groups -OCH3 is 1. The van der Waals surface area contributed by atoms with E-state index in [1.807, 2.05) is 11.0 Å². The standard InChI is InChI=1S/C30H32N8O3/c1-39-24-4-2-20(3-5-24)15-37-22-8-23(37)17-36(16-22)29-14-33-28(13-34-29)27-9-25(41-19-26-12-32-6-7-40-26)18-38-30(27)21(10-31)11-35-38/h2-5,9,11,13-14,18,22-23,26,32H,6-8,12,15-17,19H2,1H3/t22?,23?,26-/m0/s1/i15D2. The Bertz CT molecular complexity index is 1640. The summed E-state index contributed by atoms with van der Waals surface area (Å²) in [4.78, 5) is 13.6. The summed E-state index contributed by atoms with van der Waals surface area (Å²) in [5.41, 5.74) is 3.01.